The average molecular weight is 900 g/mol. The molecule has 3 fully saturated rings. The summed E-state index contributed by atoms with van der Waals surface area (Å²) >= 11 is 12.8. The molecule has 326 valence electrons. The first-order chi connectivity index (χ1) is 30.8. The number of azo groups is 1. The Hall–Kier alpha value is -6.70. The first-order valence-corrected chi connectivity index (χ1v) is 21.7. The Morgan fingerprint density at radius 1 is 0.828 bits per heavy atom. The second-order valence-electron chi connectivity index (χ2n) is 16.5. The number of allylic oxidation sites excluding steroid dienone is 2. The SMILES string of the molecule is CCOc1cc([C@H]2C3=CC[C@@H]4C(=O)N(c5ccc(N=Nc6ccc(N(C)C)cc6)cc5)C(=O)[C@@H]4[C@@H]3C[C@H]3C(=O)N(Nc4ccc(Cl)cc4Cl)C(=O)[C@@]23c2ccc(OC)cc2)ccc1O. The lowest BCUT2D eigenvalue weighted by Gasteiger charge is -2.50. The molecule has 2 aliphatic carbocycles. The number of ether oxygens (including phenoxy) is 2. The van der Waals surface area contributed by atoms with Gasteiger partial charge in [-0.05, 0) is 128 Å². The van der Waals surface area contributed by atoms with Crippen molar-refractivity contribution in [2.24, 2.45) is 33.9 Å². The number of halogens is 2. The number of amides is 4. The third-order valence-electron chi connectivity index (χ3n) is 13.0. The van der Waals surface area contributed by atoms with Crippen LogP contribution in [0.1, 0.15) is 36.8 Å². The maximum Gasteiger partial charge on any atom is 0.260 e. The molecule has 1 saturated carbocycles. The molecule has 64 heavy (non-hydrogen) atoms. The molecule has 0 bridgehead atoms. The molecule has 0 aromatic heterocycles. The van der Waals surface area contributed by atoms with E-state index in [4.69, 9.17) is 32.7 Å². The number of hydrogen-bond acceptors (Lipinski definition) is 11. The van der Waals surface area contributed by atoms with Gasteiger partial charge >= 0.3 is 0 Å². The summed E-state index contributed by atoms with van der Waals surface area (Å²) in [5, 5.41) is 21.2. The Morgan fingerprint density at radius 2 is 1.52 bits per heavy atom. The molecular formula is C49H44Cl2N6O7. The topological polar surface area (TPSA) is 153 Å². The Bertz CT molecular complexity index is 2740. The highest BCUT2D eigenvalue weighted by Gasteiger charge is 2.70. The minimum atomic E-state index is -1.59. The van der Waals surface area contributed by atoms with E-state index in [9.17, 15) is 14.7 Å². The van der Waals surface area contributed by atoms with Gasteiger partial charge in [-0.2, -0.15) is 15.2 Å². The fourth-order valence-electron chi connectivity index (χ4n) is 10.1. The first kappa shape index (κ1) is 42.6. The van der Waals surface area contributed by atoms with Crippen molar-refractivity contribution in [3.63, 3.8) is 0 Å². The van der Waals surface area contributed by atoms with Crippen LogP contribution in [0.5, 0.6) is 17.2 Å². The first-order valence-electron chi connectivity index (χ1n) is 20.9. The number of hydrazine groups is 1. The molecule has 2 heterocycles. The molecule has 0 spiro atoms. The third-order valence-corrected chi connectivity index (χ3v) is 13.5. The van der Waals surface area contributed by atoms with Gasteiger partial charge in [-0.25, -0.2) is 0 Å². The summed E-state index contributed by atoms with van der Waals surface area (Å²) in [6, 6.07) is 31.1. The van der Waals surface area contributed by atoms with E-state index in [0.717, 1.165) is 16.3 Å². The Morgan fingerprint density at radius 3 is 2.16 bits per heavy atom. The van der Waals surface area contributed by atoms with Gasteiger partial charge in [0.15, 0.2) is 11.5 Å². The van der Waals surface area contributed by atoms with E-state index in [0.29, 0.717) is 39.0 Å². The molecule has 0 radical (unpaired) electrons. The average Bonchev–Trinajstić information content (AvgIpc) is 3.68. The van der Waals surface area contributed by atoms with Crippen molar-refractivity contribution in [1.29, 1.82) is 0 Å². The molecule has 5 aromatic rings. The van der Waals surface area contributed by atoms with E-state index in [2.05, 4.69) is 15.7 Å². The third kappa shape index (κ3) is 7.03. The van der Waals surface area contributed by atoms with Crippen LogP contribution in [-0.2, 0) is 24.6 Å². The molecule has 2 N–H and O–H groups in total. The van der Waals surface area contributed by atoms with Crippen LogP contribution in [0, 0.1) is 23.7 Å². The highest BCUT2D eigenvalue weighted by molar-refractivity contribution is 6.36. The summed E-state index contributed by atoms with van der Waals surface area (Å²) in [5.41, 5.74) is 6.20. The van der Waals surface area contributed by atoms with Gasteiger partial charge in [0.25, 0.3) is 11.8 Å². The largest absolute Gasteiger partial charge is 0.504 e. The van der Waals surface area contributed by atoms with Crippen LogP contribution in [0.4, 0.5) is 28.4 Å². The van der Waals surface area contributed by atoms with Crippen LogP contribution in [-0.4, -0.2) is 61.6 Å². The van der Waals surface area contributed by atoms with E-state index in [1.807, 2.05) is 49.3 Å². The molecule has 5 aromatic carbocycles. The fourth-order valence-corrected chi connectivity index (χ4v) is 10.5. The van der Waals surface area contributed by atoms with Crippen LogP contribution >= 0.6 is 23.2 Å². The quantitative estimate of drug-likeness (QED) is 0.0750. The molecule has 6 atom stereocenters. The highest BCUT2D eigenvalue weighted by Crippen LogP contribution is 2.64. The molecule has 4 aliphatic rings. The van der Waals surface area contributed by atoms with Crippen LogP contribution in [0.15, 0.2) is 131 Å². The number of hydrogen-bond donors (Lipinski definition) is 2. The van der Waals surface area contributed by atoms with Gasteiger partial charge in [-0.15, -0.1) is 0 Å². The summed E-state index contributed by atoms with van der Waals surface area (Å²) in [4.78, 5) is 63.3. The fraction of sp³-hybridized carbons (Fsp3) is 0.265. The van der Waals surface area contributed by atoms with Crippen molar-refractivity contribution < 1.29 is 33.8 Å². The van der Waals surface area contributed by atoms with Crippen molar-refractivity contribution in [2.45, 2.75) is 31.1 Å². The lowest BCUT2D eigenvalue weighted by atomic mass is 9.49. The smallest absolute Gasteiger partial charge is 0.260 e. The van der Waals surface area contributed by atoms with E-state index in [1.54, 1.807) is 86.8 Å². The highest BCUT2D eigenvalue weighted by atomic mass is 35.5. The van der Waals surface area contributed by atoms with Gasteiger partial charge in [0.1, 0.15) is 5.75 Å². The summed E-state index contributed by atoms with van der Waals surface area (Å²) in [6.45, 7) is 2.05. The number of benzene rings is 5. The molecular weight excluding hydrogens is 855 g/mol. The van der Waals surface area contributed by atoms with Crippen molar-refractivity contribution >= 4 is 75.3 Å². The second-order valence-corrected chi connectivity index (χ2v) is 17.4. The number of fused-ring (bicyclic) bond motifs is 4. The number of phenols is 1. The predicted octanol–water partition coefficient (Wildman–Crippen LogP) is 9.78. The van der Waals surface area contributed by atoms with Crippen molar-refractivity contribution in [1.82, 2.24) is 5.01 Å². The maximum absolute atomic E-state index is 15.6. The lowest BCUT2D eigenvalue weighted by Crippen LogP contribution is -2.53. The maximum atomic E-state index is 15.6. The van der Waals surface area contributed by atoms with Crippen molar-refractivity contribution in [2.75, 3.05) is 43.0 Å². The Labute approximate surface area is 379 Å². The van der Waals surface area contributed by atoms with Gasteiger partial charge in [-0.3, -0.25) is 29.5 Å². The molecule has 15 heteroatoms. The predicted molar refractivity (Wildman–Crippen MR) is 244 cm³/mol. The number of carbonyl (C=O) groups is 4. The van der Waals surface area contributed by atoms with E-state index in [-0.39, 0.29) is 47.6 Å². The standard InChI is InChI=1S/C49H44Cl2N6O7/c1-5-64-42-24-27(6-23-41(42)58)44-35-20-21-36-43(47(61)56(45(36)59)33-16-12-31(13-17-33)53-52-30-10-14-32(15-11-30)55(2)3)37(35)26-38-46(60)57(54-40-22-9-29(50)25-39(40)51)48(62)49(38,44)28-7-18-34(63-4)19-8-28/h6-20,22-25,36-38,43-44,54,58H,5,21,26H2,1-4H3/t36-,37+,38-,43-,44-,49+/m0/s1. The Balaban J connectivity index is 1.13. The molecule has 13 nitrogen and oxygen atoms in total. The van der Waals surface area contributed by atoms with Gasteiger partial charge in [0, 0.05) is 30.7 Å². The van der Waals surface area contributed by atoms with Crippen LogP contribution in [0.3, 0.4) is 0 Å². The van der Waals surface area contributed by atoms with Crippen LogP contribution in [0.25, 0.3) is 0 Å². The van der Waals surface area contributed by atoms with E-state index >= 15 is 9.59 Å². The van der Waals surface area contributed by atoms with Gasteiger partial charge in [0.05, 0.1) is 64.7 Å². The zero-order valence-electron chi connectivity index (χ0n) is 35.4. The number of nitrogens with zero attached hydrogens (tertiary/aromatic N) is 5. The summed E-state index contributed by atoms with van der Waals surface area (Å²) in [7, 11) is 5.46. The number of methoxy groups -OCH3 is 1. The van der Waals surface area contributed by atoms with Gasteiger partial charge in [-0.1, -0.05) is 53.1 Å². The molecule has 0 unspecified atom stereocenters. The number of carbonyl (C=O) groups excluding carboxylic acids is 4. The van der Waals surface area contributed by atoms with E-state index < -0.39 is 52.7 Å². The van der Waals surface area contributed by atoms with Crippen LogP contribution < -0.4 is 24.7 Å². The normalized spacial score (nSPS) is 23.8. The van der Waals surface area contributed by atoms with Gasteiger partial charge < -0.3 is 19.5 Å². The molecule has 9 rings (SSSR count). The lowest BCUT2D eigenvalue weighted by molar-refractivity contribution is -0.138. The molecule has 2 aliphatic heterocycles. The summed E-state index contributed by atoms with van der Waals surface area (Å²) in [6.07, 6.45) is 2.26. The van der Waals surface area contributed by atoms with Crippen LogP contribution in [0.2, 0.25) is 10.0 Å². The number of phenolic OH excluding ortho intramolecular Hbond substituents is 1. The summed E-state index contributed by atoms with van der Waals surface area (Å²) in [5.74, 6) is -5.26. The number of anilines is 3. The summed E-state index contributed by atoms with van der Waals surface area (Å²) < 4.78 is 11.4. The van der Waals surface area contributed by atoms with Crippen molar-refractivity contribution in [3.05, 3.63) is 142 Å². The number of aromatic hydroxyl groups is 1. The van der Waals surface area contributed by atoms with Gasteiger partial charge in [0.2, 0.25) is 11.8 Å². The number of rotatable bonds is 11. The number of imide groups is 2. The minimum Gasteiger partial charge on any atom is -0.504 e. The van der Waals surface area contributed by atoms with E-state index in [1.165, 1.54) is 17.0 Å². The number of nitrogens with one attached hydrogen (secondary N) is 1. The zero-order chi connectivity index (χ0) is 45.0. The minimum absolute atomic E-state index is 0.0741. The monoisotopic (exact) mass is 898 g/mol. The second kappa shape index (κ2) is 16.8. The Kier molecular flexibility index (Phi) is 11.2. The molecule has 4 amide bonds. The molecule has 2 saturated heterocycles. The van der Waals surface area contributed by atoms with Crippen molar-refractivity contribution in [3.8, 4) is 17.2 Å². The zero-order valence-corrected chi connectivity index (χ0v) is 36.9.